The summed E-state index contributed by atoms with van der Waals surface area (Å²) in [5.74, 6) is 0.820. The molecule has 0 atom stereocenters. The Kier molecular flexibility index (Phi) is 3.77. The molecule has 1 fully saturated rings. The molecule has 0 amide bonds. The van der Waals surface area contributed by atoms with Gasteiger partial charge in [-0.15, -0.1) is 0 Å². The number of pyridine rings is 1. The van der Waals surface area contributed by atoms with Crippen LogP contribution in [-0.4, -0.2) is 46.3 Å². The number of aromatic amines is 1. The molecule has 3 heterocycles. The van der Waals surface area contributed by atoms with Gasteiger partial charge in [0.25, 0.3) is 0 Å². The second-order valence-electron chi connectivity index (χ2n) is 6.38. The van der Waals surface area contributed by atoms with Crippen molar-refractivity contribution in [3.05, 3.63) is 54.7 Å². The average molecular weight is 345 g/mol. The summed E-state index contributed by atoms with van der Waals surface area (Å²) < 4.78 is 5.47. The number of nitrogens with one attached hydrogen (secondary N) is 2. The summed E-state index contributed by atoms with van der Waals surface area (Å²) in [4.78, 5) is 12.8. The van der Waals surface area contributed by atoms with Crippen LogP contribution >= 0.6 is 0 Å². The number of para-hydroxylation sites is 3. The number of rotatable bonds is 3. The third-order valence-corrected chi connectivity index (χ3v) is 4.70. The number of hydrazine groups is 1. The van der Waals surface area contributed by atoms with Crippen LogP contribution in [0.25, 0.3) is 33.3 Å². The Bertz CT molecular complexity index is 1040. The average Bonchev–Trinajstić information content (AvgIpc) is 3.13. The zero-order valence-corrected chi connectivity index (χ0v) is 14.3. The maximum atomic E-state index is 5.47. The molecule has 2 N–H and O–H groups in total. The van der Waals surface area contributed by atoms with Crippen molar-refractivity contribution in [1.82, 2.24) is 20.0 Å². The summed E-state index contributed by atoms with van der Waals surface area (Å²) in [5.41, 5.74) is 8.51. The molecule has 6 nitrogen and oxygen atoms in total. The fraction of sp³-hybridized carbons (Fsp3) is 0.200. The second kappa shape index (κ2) is 6.40. The van der Waals surface area contributed by atoms with E-state index in [-0.39, 0.29) is 0 Å². The van der Waals surface area contributed by atoms with Crippen molar-refractivity contribution in [3.63, 3.8) is 0 Å². The van der Waals surface area contributed by atoms with Gasteiger partial charge >= 0.3 is 0 Å². The monoisotopic (exact) mass is 345 g/mol. The molecule has 1 aliphatic rings. The van der Waals surface area contributed by atoms with E-state index in [0.29, 0.717) is 0 Å². The molecule has 4 aromatic rings. The Hall–Kier alpha value is -2.96. The Labute approximate surface area is 150 Å². The quantitative estimate of drug-likeness (QED) is 0.595. The summed E-state index contributed by atoms with van der Waals surface area (Å²) in [6, 6.07) is 16.2. The molecule has 0 radical (unpaired) electrons. The predicted molar refractivity (Wildman–Crippen MR) is 103 cm³/mol. The van der Waals surface area contributed by atoms with Crippen molar-refractivity contribution in [1.29, 1.82) is 0 Å². The largest absolute Gasteiger partial charge is 0.379 e. The van der Waals surface area contributed by atoms with Gasteiger partial charge < -0.3 is 15.1 Å². The molecule has 2 aromatic carbocycles. The van der Waals surface area contributed by atoms with Crippen LogP contribution in [0.4, 0.5) is 5.69 Å². The number of fused-ring (bicyclic) bond motifs is 2. The number of benzene rings is 2. The molecule has 130 valence electrons. The highest BCUT2D eigenvalue weighted by Crippen LogP contribution is 2.33. The van der Waals surface area contributed by atoms with Gasteiger partial charge in [0.2, 0.25) is 0 Å². The summed E-state index contributed by atoms with van der Waals surface area (Å²) in [5, 5.41) is 3.27. The van der Waals surface area contributed by atoms with Crippen LogP contribution in [0.1, 0.15) is 0 Å². The lowest BCUT2D eigenvalue weighted by Crippen LogP contribution is -2.40. The second-order valence-corrected chi connectivity index (χ2v) is 6.38. The van der Waals surface area contributed by atoms with Gasteiger partial charge in [0, 0.05) is 24.7 Å². The number of imidazole rings is 1. The smallest absolute Gasteiger partial charge is 0.142 e. The number of hydrogen-bond acceptors (Lipinski definition) is 5. The van der Waals surface area contributed by atoms with E-state index in [2.05, 4.69) is 26.5 Å². The van der Waals surface area contributed by atoms with E-state index in [9.17, 15) is 0 Å². The van der Waals surface area contributed by atoms with Crippen molar-refractivity contribution < 1.29 is 4.74 Å². The van der Waals surface area contributed by atoms with Crippen molar-refractivity contribution in [2.24, 2.45) is 0 Å². The highest BCUT2D eigenvalue weighted by Gasteiger charge is 2.17. The van der Waals surface area contributed by atoms with E-state index in [4.69, 9.17) is 9.72 Å². The highest BCUT2D eigenvalue weighted by atomic mass is 16.5. The molecule has 2 aromatic heterocycles. The first-order chi connectivity index (χ1) is 12.9. The van der Waals surface area contributed by atoms with Gasteiger partial charge in [-0.05, 0) is 18.2 Å². The van der Waals surface area contributed by atoms with Crippen LogP contribution < -0.4 is 5.43 Å². The maximum Gasteiger partial charge on any atom is 0.142 e. The Balaban J connectivity index is 1.66. The molecular formula is C20H19N5O. The molecule has 6 heteroatoms. The van der Waals surface area contributed by atoms with Crippen molar-refractivity contribution >= 4 is 27.6 Å². The molecule has 5 rings (SSSR count). The van der Waals surface area contributed by atoms with Crippen LogP contribution in [0.3, 0.4) is 0 Å². The Morgan fingerprint density at radius 2 is 1.73 bits per heavy atom. The van der Waals surface area contributed by atoms with Crippen LogP contribution in [0.15, 0.2) is 54.7 Å². The first kappa shape index (κ1) is 15.3. The van der Waals surface area contributed by atoms with Crippen molar-refractivity contribution in [3.8, 4) is 11.4 Å². The third kappa shape index (κ3) is 2.69. The molecule has 1 aliphatic heterocycles. The van der Waals surface area contributed by atoms with Gasteiger partial charge in [0.1, 0.15) is 5.82 Å². The van der Waals surface area contributed by atoms with Crippen LogP contribution in [0, 0.1) is 0 Å². The summed E-state index contributed by atoms with van der Waals surface area (Å²) >= 11 is 0. The summed E-state index contributed by atoms with van der Waals surface area (Å²) in [7, 11) is 0. The molecule has 1 saturated heterocycles. The highest BCUT2D eigenvalue weighted by molar-refractivity contribution is 5.98. The van der Waals surface area contributed by atoms with Gasteiger partial charge in [-0.2, -0.15) is 0 Å². The molecule has 0 aliphatic carbocycles. The van der Waals surface area contributed by atoms with E-state index < -0.39 is 0 Å². The van der Waals surface area contributed by atoms with Gasteiger partial charge in [-0.3, -0.25) is 4.98 Å². The molecular weight excluding hydrogens is 326 g/mol. The molecule has 26 heavy (non-hydrogen) atoms. The van der Waals surface area contributed by atoms with Gasteiger partial charge in [0.05, 0.1) is 41.0 Å². The van der Waals surface area contributed by atoms with E-state index in [1.165, 1.54) is 0 Å². The van der Waals surface area contributed by atoms with Gasteiger partial charge in [-0.1, -0.05) is 30.3 Å². The Morgan fingerprint density at radius 1 is 0.962 bits per heavy atom. The fourth-order valence-electron chi connectivity index (χ4n) is 3.35. The summed E-state index contributed by atoms with van der Waals surface area (Å²) in [6.45, 7) is 3.15. The molecule has 0 bridgehead atoms. The number of morpholine rings is 1. The first-order valence-corrected chi connectivity index (χ1v) is 8.81. The standard InChI is InChI=1S/C20H19N5O/c1-2-6-16-14(5-1)19(24-25-9-11-26-12-10-25)15(13-21-16)20-22-17-7-3-4-8-18(17)23-20/h1-8,13H,9-12H2,(H,21,24)(H,22,23). The van der Waals surface area contributed by atoms with E-state index >= 15 is 0 Å². The number of hydrogen-bond donors (Lipinski definition) is 2. The van der Waals surface area contributed by atoms with Crippen LogP contribution in [0.5, 0.6) is 0 Å². The number of anilines is 1. The SMILES string of the molecule is c1ccc2[nH]c(-c3cnc4ccccc4c3NN3CCOCC3)nc2c1. The van der Waals surface area contributed by atoms with Crippen LogP contribution in [-0.2, 0) is 4.74 Å². The maximum absolute atomic E-state index is 5.47. The normalized spacial score (nSPS) is 15.5. The lowest BCUT2D eigenvalue weighted by molar-refractivity contribution is 0.0498. The zero-order chi connectivity index (χ0) is 17.3. The number of ether oxygens (including phenoxy) is 1. The third-order valence-electron chi connectivity index (χ3n) is 4.70. The Morgan fingerprint density at radius 3 is 2.58 bits per heavy atom. The van der Waals surface area contributed by atoms with E-state index in [0.717, 1.165) is 65.3 Å². The number of aromatic nitrogens is 3. The minimum Gasteiger partial charge on any atom is -0.379 e. The molecule has 0 saturated carbocycles. The lowest BCUT2D eigenvalue weighted by Gasteiger charge is -2.29. The van der Waals surface area contributed by atoms with E-state index in [1.807, 2.05) is 48.7 Å². The summed E-state index contributed by atoms with van der Waals surface area (Å²) in [6.07, 6.45) is 1.89. The molecule has 0 spiro atoms. The molecule has 0 unspecified atom stereocenters. The van der Waals surface area contributed by atoms with E-state index in [1.54, 1.807) is 0 Å². The van der Waals surface area contributed by atoms with Crippen molar-refractivity contribution in [2.45, 2.75) is 0 Å². The van der Waals surface area contributed by atoms with Gasteiger partial charge in [0.15, 0.2) is 0 Å². The predicted octanol–water partition coefficient (Wildman–Crippen LogP) is 3.44. The van der Waals surface area contributed by atoms with Crippen molar-refractivity contribution in [2.75, 3.05) is 31.7 Å². The lowest BCUT2D eigenvalue weighted by atomic mass is 10.1. The van der Waals surface area contributed by atoms with Crippen LogP contribution in [0.2, 0.25) is 0 Å². The fourth-order valence-corrected chi connectivity index (χ4v) is 3.35. The zero-order valence-electron chi connectivity index (χ0n) is 14.3. The minimum atomic E-state index is 0.732. The van der Waals surface area contributed by atoms with Gasteiger partial charge in [-0.25, -0.2) is 9.99 Å². The number of H-pyrrole nitrogens is 1. The first-order valence-electron chi connectivity index (χ1n) is 8.81. The minimum absolute atomic E-state index is 0.732. The topological polar surface area (TPSA) is 66.1 Å². The number of nitrogens with zero attached hydrogens (tertiary/aromatic N) is 3.